The lowest BCUT2D eigenvalue weighted by Crippen LogP contribution is -2.06. The summed E-state index contributed by atoms with van der Waals surface area (Å²) in [5.41, 5.74) is 1.56. The van der Waals surface area contributed by atoms with Crippen molar-refractivity contribution in [1.29, 1.82) is 0 Å². The summed E-state index contributed by atoms with van der Waals surface area (Å²) in [6.07, 6.45) is 4.33. The molecule has 0 aliphatic rings. The van der Waals surface area contributed by atoms with Gasteiger partial charge in [0.15, 0.2) is 5.69 Å². The SMILES string of the molecule is Cc1nn(C)c(C(=O)O)c1C=CCCCl. The van der Waals surface area contributed by atoms with Gasteiger partial charge in [0.1, 0.15) is 0 Å². The second-order valence-corrected chi connectivity index (χ2v) is 3.53. The highest BCUT2D eigenvalue weighted by Crippen LogP contribution is 2.15. The highest BCUT2D eigenvalue weighted by Gasteiger charge is 2.16. The minimum Gasteiger partial charge on any atom is -0.477 e. The largest absolute Gasteiger partial charge is 0.477 e. The summed E-state index contributed by atoms with van der Waals surface area (Å²) < 4.78 is 1.37. The van der Waals surface area contributed by atoms with Gasteiger partial charge in [-0.05, 0) is 13.3 Å². The Balaban J connectivity index is 3.09. The maximum atomic E-state index is 11.0. The molecule has 1 heterocycles. The Kier molecular flexibility index (Phi) is 3.91. The van der Waals surface area contributed by atoms with Crippen LogP contribution in [0.2, 0.25) is 0 Å². The number of aromatic carboxylic acids is 1. The molecule has 1 rings (SSSR count). The quantitative estimate of drug-likeness (QED) is 0.803. The molecule has 0 spiro atoms. The Morgan fingerprint density at radius 2 is 2.33 bits per heavy atom. The fraction of sp³-hybridized carbons (Fsp3) is 0.400. The third-order valence-corrected chi connectivity index (χ3v) is 2.25. The minimum atomic E-state index is -0.969. The first kappa shape index (κ1) is 11.8. The van der Waals surface area contributed by atoms with Crippen LogP contribution in [0.1, 0.15) is 28.2 Å². The van der Waals surface area contributed by atoms with Crippen LogP contribution in [-0.2, 0) is 7.05 Å². The summed E-state index contributed by atoms with van der Waals surface area (Å²) in [6, 6.07) is 0. The van der Waals surface area contributed by atoms with Gasteiger partial charge in [-0.2, -0.15) is 5.10 Å². The number of carboxylic acids is 1. The fourth-order valence-corrected chi connectivity index (χ4v) is 1.52. The van der Waals surface area contributed by atoms with Gasteiger partial charge in [-0.3, -0.25) is 4.68 Å². The van der Waals surface area contributed by atoms with Crippen LogP contribution in [0.3, 0.4) is 0 Å². The first-order valence-corrected chi connectivity index (χ1v) is 5.10. The lowest BCUT2D eigenvalue weighted by atomic mass is 10.1. The Labute approximate surface area is 93.2 Å². The number of nitrogens with zero attached hydrogens (tertiary/aromatic N) is 2. The molecule has 1 N–H and O–H groups in total. The second-order valence-electron chi connectivity index (χ2n) is 3.16. The zero-order valence-electron chi connectivity index (χ0n) is 8.70. The van der Waals surface area contributed by atoms with Crippen molar-refractivity contribution in [3.05, 3.63) is 23.0 Å². The summed E-state index contributed by atoms with van der Waals surface area (Å²) in [7, 11) is 1.62. The van der Waals surface area contributed by atoms with Crippen molar-refractivity contribution >= 4 is 23.6 Å². The summed E-state index contributed by atoms with van der Waals surface area (Å²) in [4.78, 5) is 11.0. The van der Waals surface area contributed by atoms with Crippen LogP contribution >= 0.6 is 11.6 Å². The standard InChI is InChI=1S/C10H13ClN2O2/c1-7-8(5-3-4-6-11)9(10(14)15)13(2)12-7/h3,5H,4,6H2,1-2H3,(H,14,15). The van der Waals surface area contributed by atoms with Gasteiger partial charge >= 0.3 is 5.97 Å². The van der Waals surface area contributed by atoms with Crippen molar-refractivity contribution in [3.63, 3.8) is 0 Å². The monoisotopic (exact) mass is 228 g/mol. The molecule has 0 radical (unpaired) electrons. The van der Waals surface area contributed by atoms with Crippen molar-refractivity contribution in [1.82, 2.24) is 9.78 Å². The Bertz CT molecular complexity index is 396. The number of aromatic nitrogens is 2. The molecule has 0 atom stereocenters. The zero-order chi connectivity index (χ0) is 11.4. The van der Waals surface area contributed by atoms with E-state index in [0.29, 0.717) is 17.1 Å². The number of hydrogen-bond donors (Lipinski definition) is 1. The molecule has 0 bridgehead atoms. The smallest absolute Gasteiger partial charge is 0.354 e. The predicted octanol–water partition coefficient (Wildman–Crippen LogP) is 2.07. The highest BCUT2D eigenvalue weighted by molar-refractivity contribution is 6.17. The van der Waals surface area contributed by atoms with Crippen LogP contribution < -0.4 is 0 Å². The normalized spacial score (nSPS) is 11.1. The number of carbonyl (C=O) groups is 1. The number of hydrogen-bond acceptors (Lipinski definition) is 2. The first-order valence-electron chi connectivity index (χ1n) is 4.57. The fourth-order valence-electron chi connectivity index (χ4n) is 1.39. The Morgan fingerprint density at radius 1 is 1.67 bits per heavy atom. The van der Waals surface area contributed by atoms with Crippen molar-refractivity contribution in [2.45, 2.75) is 13.3 Å². The van der Waals surface area contributed by atoms with E-state index < -0.39 is 5.97 Å². The topological polar surface area (TPSA) is 55.1 Å². The molecule has 0 saturated carbocycles. The van der Waals surface area contributed by atoms with Crippen LogP contribution in [-0.4, -0.2) is 26.7 Å². The molecule has 0 amide bonds. The predicted molar refractivity (Wildman–Crippen MR) is 59.3 cm³/mol. The van der Waals surface area contributed by atoms with E-state index in [1.807, 2.05) is 6.08 Å². The number of rotatable bonds is 4. The highest BCUT2D eigenvalue weighted by atomic mass is 35.5. The van der Waals surface area contributed by atoms with Crippen molar-refractivity contribution in [3.8, 4) is 0 Å². The van der Waals surface area contributed by atoms with Crippen molar-refractivity contribution in [2.24, 2.45) is 7.05 Å². The van der Waals surface area contributed by atoms with Gasteiger partial charge in [-0.1, -0.05) is 12.2 Å². The molecule has 82 valence electrons. The van der Waals surface area contributed by atoms with Crippen LogP contribution in [0.25, 0.3) is 6.08 Å². The van der Waals surface area contributed by atoms with Crippen LogP contribution in [0.4, 0.5) is 0 Å². The Hall–Kier alpha value is -1.29. The van der Waals surface area contributed by atoms with Gasteiger partial charge in [-0.25, -0.2) is 4.79 Å². The maximum absolute atomic E-state index is 11.0. The number of alkyl halides is 1. The van der Waals surface area contributed by atoms with Gasteiger partial charge in [-0.15, -0.1) is 11.6 Å². The molecule has 0 aliphatic heterocycles. The number of aryl methyl sites for hydroxylation is 2. The summed E-state index contributed by atoms with van der Waals surface area (Å²) in [5, 5.41) is 13.1. The summed E-state index contributed by atoms with van der Waals surface area (Å²) in [5.74, 6) is -0.443. The molecular weight excluding hydrogens is 216 g/mol. The summed E-state index contributed by atoms with van der Waals surface area (Å²) in [6.45, 7) is 1.78. The van der Waals surface area contributed by atoms with Crippen LogP contribution in [0, 0.1) is 6.92 Å². The number of halogens is 1. The molecule has 1 aromatic heterocycles. The lowest BCUT2D eigenvalue weighted by Gasteiger charge is -1.96. The molecule has 15 heavy (non-hydrogen) atoms. The van der Waals surface area contributed by atoms with Crippen molar-refractivity contribution < 1.29 is 9.90 Å². The second kappa shape index (κ2) is 4.98. The van der Waals surface area contributed by atoms with E-state index in [1.54, 1.807) is 20.0 Å². The lowest BCUT2D eigenvalue weighted by molar-refractivity contribution is 0.0685. The molecule has 0 aromatic carbocycles. The molecule has 0 unspecified atom stereocenters. The van der Waals surface area contributed by atoms with Gasteiger partial charge in [0, 0.05) is 18.5 Å². The maximum Gasteiger partial charge on any atom is 0.354 e. The van der Waals surface area contributed by atoms with E-state index in [-0.39, 0.29) is 5.69 Å². The van der Waals surface area contributed by atoms with Crippen LogP contribution in [0.5, 0.6) is 0 Å². The molecular formula is C10H13ClN2O2. The van der Waals surface area contributed by atoms with Crippen LogP contribution in [0.15, 0.2) is 6.08 Å². The van der Waals surface area contributed by atoms with E-state index in [9.17, 15) is 4.79 Å². The van der Waals surface area contributed by atoms with E-state index in [2.05, 4.69) is 5.10 Å². The van der Waals surface area contributed by atoms with E-state index >= 15 is 0 Å². The van der Waals surface area contributed by atoms with Crippen molar-refractivity contribution in [2.75, 3.05) is 5.88 Å². The minimum absolute atomic E-state index is 0.207. The average molecular weight is 229 g/mol. The third-order valence-electron chi connectivity index (χ3n) is 2.03. The molecule has 1 aromatic rings. The molecule has 5 heteroatoms. The number of allylic oxidation sites excluding steroid dienone is 1. The molecule has 0 aliphatic carbocycles. The zero-order valence-corrected chi connectivity index (χ0v) is 9.45. The van der Waals surface area contributed by atoms with E-state index in [1.165, 1.54) is 4.68 Å². The Morgan fingerprint density at radius 3 is 2.87 bits per heavy atom. The van der Waals surface area contributed by atoms with Gasteiger partial charge < -0.3 is 5.11 Å². The summed E-state index contributed by atoms with van der Waals surface area (Å²) >= 11 is 5.53. The van der Waals surface area contributed by atoms with Gasteiger partial charge in [0.25, 0.3) is 0 Å². The molecule has 0 fully saturated rings. The average Bonchev–Trinajstić information content (AvgIpc) is 2.42. The van der Waals surface area contributed by atoms with Gasteiger partial charge in [0.2, 0.25) is 0 Å². The van der Waals surface area contributed by atoms with Gasteiger partial charge in [0.05, 0.1) is 5.69 Å². The molecule has 0 saturated heterocycles. The number of carboxylic acid groups (broad SMARTS) is 1. The third kappa shape index (κ3) is 2.59. The molecule has 4 nitrogen and oxygen atoms in total. The van der Waals surface area contributed by atoms with E-state index in [0.717, 1.165) is 6.42 Å². The van der Waals surface area contributed by atoms with E-state index in [4.69, 9.17) is 16.7 Å². The first-order chi connectivity index (χ1) is 7.07.